The second kappa shape index (κ2) is 11.2. The summed E-state index contributed by atoms with van der Waals surface area (Å²) in [6.45, 7) is 7.07. The van der Waals surface area contributed by atoms with Crippen LogP contribution in [0.15, 0.2) is 71.7 Å². The van der Waals surface area contributed by atoms with Gasteiger partial charge in [0.1, 0.15) is 5.82 Å². The van der Waals surface area contributed by atoms with Gasteiger partial charge in [-0.05, 0) is 67.0 Å². The highest BCUT2D eigenvalue weighted by atomic mass is 19.1. The maximum absolute atomic E-state index is 13.8. The lowest BCUT2D eigenvalue weighted by Crippen LogP contribution is -2.21. The van der Waals surface area contributed by atoms with Crippen molar-refractivity contribution in [3.8, 4) is 5.88 Å². The van der Waals surface area contributed by atoms with Crippen LogP contribution in [0.3, 0.4) is 0 Å². The molecule has 36 heavy (non-hydrogen) atoms. The van der Waals surface area contributed by atoms with Crippen LogP contribution in [-0.2, 0) is 17.8 Å². The molecule has 1 heterocycles. The molecule has 0 aliphatic heterocycles. The van der Waals surface area contributed by atoms with Gasteiger partial charge in [-0.2, -0.15) is 0 Å². The van der Waals surface area contributed by atoms with E-state index in [-0.39, 0.29) is 12.3 Å². The molecular weight excluding hydrogens is 457 g/mol. The first-order chi connectivity index (χ1) is 17.4. The number of benzene rings is 3. The molecule has 4 aromatic rings. The molecule has 0 atom stereocenters. The van der Waals surface area contributed by atoms with Crippen molar-refractivity contribution >= 4 is 28.3 Å². The summed E-state index contributed by atoms with van der Waals surface area (Å²) in [7, 11) is 0. The number of carboxylic acids is 1. The lowest BCUT2D eigenvalue weighted by molar-refractivity contribution is -0.136. The van der Waals surface area contributed by atoms with E-state index in [0.717, 1.165) is 30.8 Å². The largest absolute Gasteiger partial charge is 0.494 e. The number of aliphatic imine (C=N–C) groups is 1. The zero-order chi connectivity index (χ0) is 25.7. The van der Waals surface area contributed by atoms with E-state index < -0.39 is 11.8 Å². The van der Waals surface area contributed by atoms with Crippen molar-refractivity contribution in [1.82, 2.24) is 9.88 Å². The second-order valence-corrected chi connectivity index (χ2v) is 8.72. The lowest BCUT2D eigenvalue weighted by Gasteiger charge is -2.17. The smallest absolute Gasteiger partial charge is 0.303 e. The quantitative estimate of drug-likeness (QED) is 0.238. The molecule has 3 N–H and O–H groups in total. The Bertz CT molecular complexity index is 1390. The number of hydrogen-bond donors (Lipinski definition) is 3. The van der Waals surface area contributed by atoms with E-state index in [1.165, 1.54) is 17.7 Å². The second-order valence-electron chi connectivity index (χ2n) is 8.72. The highest BCUT2D eigenvalue weighted by molar-refractivity contribution is 6.21. The number of nitrogens with one attached hydrogen (secondary N) is 1. The van der Waals surface area contributed by atoms with E-state index in [1.807, 2.05) is 48.5 Å². The van der Waals surface area contributed by atoms with Gasteiger partial charge in [-0.15, -0.1) is 0 Å². The normalized spacial score (nSPS) is 11.9. The molecular formula is C29H30FN3O3. The number of halogens is 1. The van der Waals surface area contributed by atoms with Gasteiger partial charge in [-0.25, -0.2) is 9.38 Å². The molecule has 0 spiro atoms. The first-order valence-corrected chi connectivity index (χ1v) is 12.1. The minimum Gasteiger partial charge on any atom is -0.494 e. The molecule has 0 saturated heterocycles. The maximum Gasteiger partial charge on any atom is 0.303 e. The van der Waals surface area contributed by atoms with Crippen molar-refractivity contribution in [3.05, 3.63) is 94.8 Å². The van der Waals surface area contributed by atoms with Crippen LogP contribution in [0.5, 0.6) is 5.88 Å². The van der Waals surface area contributed by atoms with Crippen molar-refractivity contribution in [2.24, 2.45) is 4.99 Å². The number of H-pyrrole nitrogens is 1. The Hall–Kier alpha value is -3.97. The SMILES string of the molecule is CCN(CC)Cc1ccc(N=C(c2cccc(CCC(=O)O)c2)c2c(O)[nH]c3cc(F)ccc23)cc1. The molecule has 0 bridgehead atoms. The van der Waals surface area contributed by atoms with E-state index in [1.54, 1.807) is 6.07 Å². The van der Waals surface area contributed by atoms with Crippen LogP contribution in [0, 0.1) is 5.82 Å². The van der Waals surface area contributed by atoms with Gasteiger partial charge in [0.15, 0.2) is 5.88 Å². The van der Waals surface area contributed by atoms with Crippen LogP contribution in [0.4, 0.5) is 10.1 Å². The van der Waals surface area contributed by atoms with Crippen molar-refractivity contribution < 1.29 is 19.4 Å². The Kier molecular flexibility index (Phi) is 7.80. The zero-order valence-electron chi connectivity index (χ0n) is 20.5. The molecule has 6 nitrogen and oxygen atoms in total. The fourth-order valence-electron chi connectivity index (χ4n) is 4.30. The minimum absolute atomic E-state index is 0.0154. The summed E-state index contributed by atoms with van der Waals surface area (Å²) in [5, 5.41) is 20.6. The van der Waals surface area contributed by atoms with Crippen LogP contribution >= 0.6 is 0 Å². The summed E-state index contributed by atoms with van der Waals surface area (Å²) in [4.78, 5) is 21.2. The number of aromatic hydroxyl groups is 1. The third-order valence-corrected chi connectivity index (χ3v) is 6.28. The number of carboxylic acid groups (broad SMARTS) is 1. The molecule has 7 heteroatoms. The van der Waals surface area contributed by atoms with Gasteiger partial charge in [0.05, 0.1) is 22.5 Å². The molecule has 0 unspecified atom stereocenters. The van der Waals surface area contributed by atoms with Crippen LogP contribution in [0.25, 0.3) is 10.9 Å². The summed E-state index contributed by atoms with van der Waals surface area (Å²) in [5.74, 6) is -1.38. The summed E-state index contributed by atoms with van der Waals surface area (Å²) < 4.78 is 13.8. The molecule has 1 aromatic heterocycles. The van der Waals surface area contributed by atoms with Crippen molar-refractivity contribution in [1.29, 1.82) is 0 Å². The van der Waals surface area contributed by atoms with Gasteiger partial charge in [0.25, 0.3) is 0 Å². The highest BCUT2D eigenvalue weighted by Crippen LogP contribution is 2.32. The van der Waals surface area contributed by atoms with E-state index in [2.05, 4.69) is 23.7 Å². The van der Waals surface area contributed by atoms with E-state index in [9.17, 15) is 14.3 Å². The third-order valence-electron chi connectivity index (χ3n) is 6.28. The van der Waals surface area contributed by atoms with Crippen molar-refractivity contribution in [2.75, 3.05) is 13.1 Å². The highest BCUT2D eigenvalue weighted by Gasteiger charge is 2.19. The van der Waals surface area contributed by atoms with Crippen LogP contribution in [-0.4, -0.2) is 44.9 Å². The Morgan fingerprint density at radius 1 is 1.00 bits per heavy atom. The number of aliphatic carboxylic acids is 1. The molecule has 186 valence electrons. The molecule has 4 rings (SSSR count). The molecule has 0 aliphatic rings. The Morgan fingerprint density at radius 3 is 2.44 bits per heavy atom. The van der Waals surface area contributed by atoms with Crippen LogP contribution < -0.4 is 0 Å². The maximum atomic E-state index is 13.8. The van der Waals surface area contributed by atoms with Crippen LogP contribution in [0.2, 0.25) is 0 Å². The topological polar surface area (TPSA) is 88.9 Å². The Balaban J connectivity index is 1.80. The average Bonchev–Trinajstić information content (AvgIpc) is 3.20. The Morgan fingerprint density at radius 2 is 1.75 bits per heavy atom. The van der Waals surface area contributed by atoms with Crippen molar-refractivity contribution in [2.45, 2.75) is 33.2 Å². The summed E-state index contributed by atoms with van der Waals surface area (Å²) in [6, 6.07) is 19.8. The van der Waals surface area contributed by atoms with Crippen LogP contribution in [0.1, 0.15) is 42.5 Å². The van der Waals surface area contributed by atoms with Gasteiger partial charge in [-0.3, -0.25) is 9.69 Å². The summed E-state index contributed by atoms with van der Waals surface area (Å²) >= 11 is 0. The fourth-order valence-corrected chi connectivity index (χ4v) is 4.30. The minimum atomic E-state index is -0.865. The number of aromatic nitrogens is 1. The van der Waals surface area contributed by atoms with E-state index in [4.69, 9.17) is 10.1 Å². The Labute approximate surface area is 209 Å². The summed E-state index contributed by atoms with van der Waals surface area (Å²) in [5.41, 5.74) is 4.91. The van der Waals surface area contributed by atoms with Gasteiger partial charge in [0, 0.05) is 23.9 Å². The van der Waals surface area contributed by atoms with Gasteiger partial charge in [0.2, 0.25) is 0 Å². The van der Waals surface area contributed by atoms with Gasteiger partial charge < -0.3 is 15.2 Å². The molecule has 0 saturated carbocycles. The number of carbonyl (C=O) groups is 1. The monoisotopic (exact) mass is 487 g/mol. The predicted octanol–water partition coefficient (Wildman–Crippen LogP) is 6.04. The first-order valence-electron chi connectivity index (χ1n) is 12.1. The third kappa shape index (κ3) is 5.80. The number of aromatic amines is 1. The van der Waals surface area contributed by atoms with Gasteiger partial charge >= 0.3 is 5.97 Å². The molecule has 3 aromatic carbocycles. The number of hydrogen-bond acceptors (Lipinski definition) is 4. The molecule has 0 amide bonds. The molecule has 0 aliphatic carbocycles. The number of aryl methyl sites for hydroxylation is 1. The molecule has 0 fully saturated rings. The first kappa shape index (κ1) is 25.1. The number of fused-ring (bicyclic) bond motifs is 1. The van der Waals surface area contributed by atoms with Crippen molar-refractivity contribution in [3.63, 3.8) is 0 Å². The van der Waals surface area contributed by atoms with E-state index in [0.29, 0.717) is 34.3 Å². The number of nitrogens with zero attached hydrogens (tertiary/aromatic N) is 2. The summed E-state index contributed by atoms with van der Waals surface area (Å²) in [6.07, 6.45) is 0.392. The standard InChI is InChI=1S/C29H30FN3O3/c1-3-33(4-2)18-20-8-12-23(13-9-20)31-28(21-7-5-6-19(16-21)10-15-26(34)35)27-24-14-11-22(30)17-25(24)32-29(27)36/h5-9,11-14,16-17,32,36H,3-4,10,15,18H2,1-2H3,(H,34,35). The van der Waals surface area contributed by atoms with Gasteiger partial charge in [-0.1, -0.05) is 44.2 Å². The fraction of sp³-hybridized carbons (Fsp3) is 0.241. The number of rotatable bonds is 10. The average molecular weight is 488 g/mol. The van der Waals surface area contributed by atoms with E-state index >= 15 is 0 Å². The zero-order valence-corrected chi connectivity index (χ0v) is 20.5. The lowest BCUT2D eigenvalue weighted by atomic mass is 9.97. The predicted molar refractivity (Wildman–Crippen MR) is 141 cm³/mol. The molecule has 0 radical (unpaired) electrons.